The van der Waals surface area contributed by atoms with Crippen LogP contribution in [0.2, 0.25) is 0 Å². The van der Waals surface area contributed by atoms with Crippen LogP contribution in [-0.4, -0.2) is 21.0 Å². The fourth-order valence-corrected chi connectivity index (χ4v) is 3.32. The molecule has 0 amide bonds. The molecule has 5 heteroatoms. The maximum absolute atomic E-state index is 11.9. The number of fused-ring (bicyclic) bond motifs is 1. The van der Waals surface area contributed by atoms with Gasteiger partial charge in [-0.25, -0.2) is 4.79 Å². The van der Waals surface area contributed by atoms with E-state index in [9.17, 15) is 9.00 Å². The van der Waals surface area contributed by atoms with E-state index < -0.39 is 16.8 Å². The number of carboxylic acids is 1. The highest BCUT2D eigenvalue weighted by molar-refractivity contribution is 7.84. The van der Waals surface area contributed by atoms with E-state index in [0.717, 1.165) is 10.9 Å². The van der Waals surface area contributed by atoms with Crippen molar-refractivity contribution in [3.63, 3.8) is 0 Å². The Morgan fingerprint density at radius 2 is 2.11 bits per heavy atom. The number of hydrogen-bond donors (Lipinski definition) is 1. The van der Waals surface area contributed by atoms with Crippen LogP contribution < -0.4 is 0 Å². The van der Waals surface area contributed by atoms with Crippen LogP contribution in [0.5, 0.6) is 0 Å². The first-order chi connectivity index (χ1) is 8.95. The number of benzene rings is 1. The minimum Gasteiger partial charge on any atom is -0.475 e. The molecule has 0 saturated heterocycles. The molecular weight excluding hydrogens is 264 g/mol. The lowest BCUT2D eigenvalue weighted by atomic mass is 10.2. The zero-order valence-corrected chi connectivity index (χ0v) is 11.7. The topological polar surface area (TPSA) is 67.5 Å². The molecule has 1 heterocycles. The largest absolute Gasteiger partial charge is 0.475 e. The van der Waals surface area contributed by atoms with Gasteiger partial charge in [-0.05, 0) is 29.7 Å². The van der Waals surface area contributed by atoms with Gasteiger partial charge in [0.05, 0.1) is 0 Å². The maximum Gasteiger partial charge on any atom is 0.371 e. The second kappa shape index (κ2) is 5.57. The molecule has 102 valence electrons. The molecule has 0 spiro atoms. The average Bonchev–Trinajstić information content (AvgIpc) is 2.70. The summed E-state index contributed by atoms with van der Waals surface area (Å²) in [7, 11) is -0.893. The highest BCUT2D eigenvalue weighted by Crippen LogP contribution is 2.21. The van der Waals surface area contributed by atoms with Crippen molar-refractivity contribution in [1.29, 1.82) is 0 Å². The van der Waals surface area contributed by atoms with E-state index in [4.69, 9.17) is 9.52 Å². The number of hydrogen-bond acceptors (Lipinski definition) is 3. The van der Waals surface area contributed by atoms with Gasteiger partial charge in [0.15, 0.2) is 0 Å². The van der Waals surface area contributed by atoms with Gasteiger partial charge in [0.1, 0.15) is 5.58 Å². The maximum atomic E-state index is 11.9. The smallest absolute Gasteiger partial charge is 0.371 e. The molecule has 0 aliphatic carbocycles. The molecule has 2 rings (SSSR count). The third-order valence-electron chi connectivity index (χ3n) is 2.64. The molecule has 1 aromatic heterocycles. The summed E-state index contributed by atoms with van der Waals surface area (Å²) in [5.74, 6) is 0.402. The fourth-order valence-electron chi connectivity index (χ4n) is 1.90. The second-order valence-electron chi connectivity index (χ2n) is 4.93. The van der Waals surface area contributed by atoms with Gasteiger partial charge in [0.2, 0.25) is 5.76 Å². The van der Waals surface area contributed by atoms with Crippen LogP contribution in [0.1, 0.15) is 30.0 Å². The van der Waals surface area contributed by atoms with Crippen molar-refractivity contribution >= 4 is 27.7 Å². The lowest BCUT2D eigenvalue weighted by Crippen LogP contribution is -2.06. The number of furan rings is 1. The molecule has 4 nitrogen and oxygen atoms in total. The van der Waals surface area contributed by atoms with Crippen LogP contribution in [0.15, 0.2) is 28.7 Å². The molecule has 1 atom stereocenters. The van der Waals surface area contributed by atoms with Crippen molar-refractivity contribution in [2.75, 3.05) is 5.75 Å². The number of carboxylic acid groups (broad SMARTS) is 1. The van der Waals surface area contributed by atoms with Crippen molar-refractivity contribution in [1.82, 2.24) is 0 Å². The van der Waals surface area contributed by atoms with Gasteiger partial charge >= 0.3 is 5.97 Å². The van der Waals surface area contributed by atoms with E-state index in [-0.39, 0.29) is 5.76 Å². The average molecular weight is 280 g/mol. The fraction of sp³-hybridized carbons (Fsp3) is 0.357. The summed E-state index contributed by atoms with van der Waals surface area (Å²) in [6.07, 6.45) is 0. The lowest BCUT2D eigenvalue weighted by molar-refractivity contribution is 0.0665. The van der Waals surface area contributed by atoms with Gasteiger partial charge in [-0.15, -0.1) is 0 Å². The zero-order chi connectivity index (χ0) is 14.0. The predicted molar refractivity (Wildman–Crippen MR) is 74.7 cm³/mol. The highest BCUT2D eigenvalue weighted by Gasteiger charge is 2.11. The predicted octanol–water partition coefficient (Wildman–Crippen LogP) is 3.04. The third kappa shape index (κ3) is 3.44. The Morgan fingerprint density at radius 1 is 1.37 bits per heavy atom. The summed E-state index contributed by atoms with van der Waals surface area (Å²) in [5, 5.41) is 9.59. The molecule has 0 radical (unpaired) electrons. The van der Waals surface area contributed by atoms with E-state index in [1.165, 1.54) is 6.07 Å². The molecule has 1 aromatic carbocycles. The summed E-state index contributed by atoms with van der Waals surface area (Å²) < 4.78 is 17.0. The molecule has 0 aliphatic heterocycles. The zero-order valence-electron chi connectivity index (χ0n) is 10.9. The van der Waals surface area contributed by atoms with E-state index >= 15 is 0 Å². The van der Waals surface area contributed by atoms with Gasteiger partial charge in [-0.2, -0.15) is 0 Å². The van der Waals surface area contributed by atoms with Crippen molar-refractivity contribution in [2.45, 2.75) is 19.6 Å². The summed E-state index contributed by atoms with van der Waals surface area (Å²) in [6, 6.07) is 6.88. The van der Waals surface area contributed by atoms with Gasteiger partial charge in [-0.1, -0.05) is 19.9 Å². The Morgan fingerprint density at radius 3 is 2.74 bits per heavy atom. The molecule has 0 aliphatic rings. The van der Waals surface area contributed by atoms with Crippen molar-refractivity contribution in [3.05, 3.63) is 35.6 Å². The van der Waals surface area contributed by atoms with E-state index in [1.807, 2.05) is 26.0 Å². The van der Waals surface area contributed by atoms with Crippen molar-refractivity contribution in [3.8, 4) is 0 Å². The Bertz CT molecular complexity index is 627. The van der Waals surface area contributed by atoms with Crippen LogP contribution in [0.25, 0.3) is 11.0 Å². The first-order valence-corrected chi connectivity index (χ1v) is 7.55. The highest BCUT2D eigenvalue weighted by atomic mass is 32.2. The van der Waals surface area contributed by atoms with Crippen LogP contribution in [0.3, 0.4) is 0 Å². The minimum absolute atomic E-state index is 0.0737. The van der Waals surface area contributed by atoms with Crippen LogP contribution in [0.4, 0.5) is 0 Å². The van der Waals surface area contributed by atoms with Crippen molar-refractivity contribution < 1.29 is 18.5 Å². The van der Waals surface area contributed by atoms with Crippen molar-refractivity contribution in [2.24, 2.45) is 5.92 Å². The Labute approximate surface area is 113 Å². The summed E-state index contributed by atoms with van der Waals surface area (Å²) >= 11 is 0. The second-order valence-corrected chi connectivity index (χ2v) is 6.43. The van der Waals surface area contributed by atoms with Crippen LogP contribution in [-0.2, 0) is 16.6 Å². The number of carbonyl (C=O) groups is 1. The Kier molecular flexibility index (Phi) is 4.04. The first kappa shape index (κ1) is 13.8. The number of rotatable bonds is 5. The quantitative estimate of drug-likeness (QED) is 0.914. The van der Waals surface area contributed by atoms with Crippen LogP contribution >= 0.6 is 0 Å². The van der Waals surface area contributed by atoms with E-state index in [1.54, 1.807) is 6.07 Å². The van der Waals surface area contributed by atoms with Gasteiger partial charge in [-0.3, -0.25) is 4.21 Å². The standard InChI is InChI=1S/C14H16O4S/c1-9(2)7-19(17)8-10-3-4-12-11(5-10)6-13(18-12)14(15)16/h3-6,9H,7-8H2,1-2H3,(H,15,16). The summed E-state index contributed by atoms with van der Waals surface area (Å²) in [5.41, 5.74) is 1.47. The molecule has 0 fully saturated rings. The van der Waals surface area contributed by atoms with Gasteiger partial charge in [0.25, 0.3) is 0 Å². The molecular formula is C14H16O4S. The SMILES string of the molecule is CC(C)CS(=O)Cc1ccc2oc(C(=O)O)cc2c1. The van der Waals surface area contributed by atoms with E-state index in [2.05, 4.69) is 0 Å². The molecule has 0 bridgehead atoms. The molecule has 1 N–H and O–H groups in total. The molecule has 19 heavy (non-hydrogen) atoms. The lowest BCUT2D eigenvalue weighted by Gasteiger charge is -2.05. The summed E-state index contributed by atoms with van der Waals surface area (Å²) in [4.78, 5) is 10.8. The molecule has 0 saturated carbocycles. The van der Waals surface area contributed by atoms with Gasteiger partial charge < -0.3 is 9.52 Å². The van der Waals surface area contributed by atoms with Crippen LogP contribution in [0, 0.1) is 5.92 Å². The third-order valence-corrected chi connectivity index (χ3v) is 4.33. The Hall–Kier alpha value is -1.62. The van der Waals surface area contributed by atoms with E-state index in [0.29, 0.717) is 23.0 Å². The Balaban J connectivity index is 2.21. The molecule has 2 aromatic rings. The minimum atomic E-state index is -1.08. The first-order valence-electron chi connectivity index (χ1n) is 6.06. The summed E-state index contributed by atoms with van der Waals surface area (Å²) in [6.45, 7) is 4.08. The monoisotopic (exact) mass is 280 g/mol. The molecule has 1 unspecified atom stereocenters. The normalized spacial score (nSPS) is 13.0. The number of aromatic carboxylic acids is 1. The van der Waals surface area contributed by atoms with Gasteiger partial charge in [0, 0.05) is 27.7 Å².